The molecule has 0 spiro atoms. The zero-order valence-electron chi connectivity index (χ0n) is 40.0. The van der Waals surface area contributed by atoms with Crippen LogP contribution in [-0.2, 0) is 48.2 Å². The molecule has 1 aromatic heterocycles. The van der Waals surface area contributed by atoms with Crippen LogP contribution in [0.4, 0.5) is 51.4 Å². The minimum atomic E-state index is -5.08. The number of benzene rings is 3. The number of alkyl carbamates (subject to hydrolysis) is 1. The summed E-state index contributed by atoms with van der Waals surface area (Å²) in [5, 5.41) is 18.9. The highest BCUT2D eigenvalue weighted by molar-refractivity contribution is 5.98. The number of pyridine rings is 1. The van der Waals surface area contributed by atoms with Crippen molar-refractivity contribution in [1.29, 1.82) is 0 Å². The number of nitrogens with zero attached hydrogens (tertiary/aromatic N) is 1. The number of nitrogens with one attached hydrogen (secondary N) is 4. The fraction of sp³-hybridized carbons (Fsp3) is 0.449. The van der Waals surface area contributed by atoms with Crippen molar-refractivity contribution in [3.05, 3.63) is 94.3 Å². The number of rotatable bonds is 24. The van der Waals surface area contributed by atoms with Gasteiger partial charge >= 0.3 is 24.2 Å². The number of hydrogen-bond acceptors (Lipinski definition) is 10. The molecule has 4 aromatic rings. The molecular formula is C49H58F8N6O9. The molecular weight excluding hydrogens is 969 g/mol. The Morgan fingerprint density at radius 1 is 0.736 bits per heavy atom. The van der Waals surface area contributed by atoms with Crippen LogP contribution in [0, 0.1) is 35.0 Å². The Morgan fingerprint density at radius 2 is 1.33 bits per heavy atom. The number of nitrogen functional groups attached to an aromatic ring is 1. The largest absolute Gasteiger partial charge is 0.490 e. The number of anilines is 2. The van der Waals surface area contributed by atoms with Gasteiger partial charge in [-0.05, 0) is 98.7 Å². The van der Waals surface area contributed by atoms with Gasteiger partial charge in [0.05, 0.1) is 5.52 Å². The second-order valence-corrected chi connectivity index (χ2v) is 16.9. The van der Waals surface area contributed by atoms with Gasteiger partial charge in [0.2, 0.25) is 52.6 Å². The van der Waals surface area contributed by atoms with E-state index in [0.29, 0.717) is 23.6 Å². The van der Waals surface area contributed by atoms with Gasteiger partial charge in [0.25, 0.3) is 0 Å². The molecule has 0 saturated heterocycles. The molecule has 0 fully saturated rings. The van der Waals surface area contributed by atoms with Crippen LogP contribution >= 0.6 is 0 Å². The van der Waals surface area contributed by atoms with Gasteiger partial charge in [-0.25, -0.2) is 27.7 Å². The minimum absolute atomic E-state index is 0.00597. The Bertz CT molecular complexity index is 2480. The van der Waals surface area contributed by atoms with Crippen LogP contribution in [0.25, 0.3) is 10.9 Å². The monoisotopic (exact) mass is 1030 g/mol. The van der Waals surface area contributed by atoms with Crippen molar-refractivity contribution in [2.75, 3.05) is 17.6 Å². The molecule has 394 valence electrons. The molecule has 4 rings (SSSR count). The van der Waals surface area contributed by atoms with Crippen molar-refractivity contribution in [1.82, 2.24) is 20.9 Å². The van der Waals surface area contributed by atoms with E-state index in [4.69, 9.17) is 20.4 Å². The molecule has 0 aliphatic heterocycles. The van der Waals surface area contributed by atoms with Crippen molar-refractivity contribution >= 4 is 58.2 Å². The average molecular weight is 1030 g/mol. The molecule has 0 radical (unpaired) electrons. The van der Waals surface area contributed by atoms with Gasteiger partial charge in [0, 0.05) is 30.5 Å². The number of aliphatic carboxylic acids is 1. The topological polar surface area (TPSA) is 228 Å². The van der Waals surface area contributed by atoms with Gasteiger partial charge in [-0.3, -0.25) is 19.2 Å². The van der Waals surface area contributed by atoms with Crippen LogP contribution in [-0.4, -0.2) is 70.6 Å². The van der Waals surface area contributed by atoms with Crippen LogP contribution in [0.15, 0.2) is 48.5 Å². The number of carbonyl (C=O) groups excluding carboxylic acids is 5. The summed E-state index contributed by atoms with van der Waals surface area (Å²) in [4.78, 5) is 76.5. The molecule has 0 saturated carbocycles. The molecule has 4 amide bonds. The smallest absolute Gasteiger partial charge is 0.475 e. The predicted molar refractivity (Wildman–Crippen MR) is 249 cm³/mol. The van der Waals surface area contributed by atoms with E-state index in [1.807, 2.05) is 12.1 Å². The summed E-state index contributed by atoms with van der Waals surface area (Å²) in [7, 11) is 0. The summed E-state index contributed by atoms with van der Waals surface area (Å²) in [6.07, 6.45) is 1.50. The number of aromatic nitrogens is 1. The third-order valence-electron chi connectivity index (χ3n) is 10.8. The normalized spacial score (nSPS) is 12.0. The number of alkyl halides is 3. The zero-order chi connectivity index (χ0) is 53.7. The summed E-state index contributed by atoms with van der Waals surface area (Å²) < 4.78 is 109. The number of esters is 1. The highest BCUT2D eigenvalue weighted by Crippen LogP contribution is 2.30. The average Bonchev–Trinajstić information content (AvgIpc) is 3.33. The third kappa shape index (κ3) is 18.9. The SMILES string of the molecule is CCCCCc1cc2c(CCCCCNC(=O)OCc3ccc(NC(=O)[C@H](C)NC(=O)[C@@H](NC(=O)CCCCC(=O)Oc4c(F)c(F)c(F)c(F)c4F)C(C)C)cc3)cccc2nc1N.O=C(O)C(F)(F)F. The lowest BCUT2D eigenvalue weighted by Crippen LogP contribution is -2.53. The Hall–Kier alpha value is -7.07. The number of unbranched alkanes of at least 4 members (excludes halogenated alkanes) is 5. The van der Waals surface area contributed by atoms with E-state index < -0.39 is 101 Å². The van der Waals surface area contributed by atoms with E-state index in [9.17, 15) is 59.1 Å². The first-order chi connectivity index (χ1) is 33.9. The van der Waals surface area contributed by atoms with Crippen molar-refractivity contribution < 1.29 is 78.5 Å². The van der Waals surface area contributed by atoms with Crippen molar-refractivity contribution in [3.63, 3.8) is 0 Å². The highest BCUT2D eigenvalue weighted by Gasteiger charge is 2.38. The van der Waals surface area contributed by atoms with Crippen LogP contribution in [0.5, 0.6) is 5.75 Å². The number of fused-ring (bicyclic) bond motifs is 1. The van der Waals surface area contributed by atoms with E-state index in [1.165, 1.54) is 12.5 Å². The van der Waals surface area contributed by atoms with Gasteiger partial charge in [-0.15, -0.1) is 0 Å². The summed E-state index contributed by atoms with van der Waals surface area (Å²) in [5.41, 5.74) is 10.6. The van der Waals surface area contributed by atoms with Crippen LogP contribution in [0.3, 0.4) is 0 Å². The van der Waals surface area contributed by atoms with Crippen molar-refractivity contribution in [2.45, 2.75) is 130 Å². The number of carboxylic acids is 1. The van der Waals surface area contributed by atoms with Crippen molar-refractivity contribution in [2.24, 2.45) is 5.92 Å². The third-order valence-corrected chi connectivity index (χ3v) is 10.8. The van der Waals surface area contributed by atoms with E-state index >= 15 is 0 Å². The lowest BCUT2D eigenvalue weighted by Gasteiger charge is -2.24. The summed E-state index contributed by atoms with van der Waals surface area (Å²) in [6.45, 7) is 7.46. The van der Waals surface area contributed by atoms with E-state index in [2.05, 4.69) is 50.0 Å². The van der Waals surface area contributed by atoms with Crippen LogP contribution < -0.4 is 31.7 Å². The maximum atomic E-state index is 13.8. The number of hydrogen-bond donors (Lipinski definition) is 6. The van der Waals surface area contributed by atoms with E-state index in [0.717, 1.165) is 67.8 Å². The summed E-state index contributed by atoms with van der Waals surface area (Å²) >= 11 is 0. The number of carbonyl (C=O) groups is 6. The minimum Gasteiger partial charge on any atom is -0.475 e. The first kappa shape index (κ1) is 59.2. The number of carboxylic acid groups (broad SMARTS) is 1. The number of nitrogens with two attached hydrogens (primary N) is 1. The Kier molecular flexibility index (Phi) is 23.6. The Morgan fingerprint density at radius 3 is 1.94 bits per heavy atom. The molecule has 0 aliphatic carbocycles. The van der Waals surface area contributed by atoms with Crippen LogP contribution in [0.2, 0.25) is 0 Å². The molecule has 2 atom stereocenters. The molecule has 3 aromatic carbocycles. The maximum absolute atomic E-state index is 13.8. The van der Waals surface area contributed by atoms with E-state index in [-0.39, 0.29) is 25.9 Å². The second kappa shape index (κ2) is 28.7. The lowest BCUT2D eigenvalue weighted by atomic mass is 9.99. The molecule has 72 heavy (non-hydrogen) atoms. The molecule has 15 nitrogen and oxygen atoms in total. The number of amides is 4. The molecule has 0 unspecified atom stereocenters. The number of halogens is 8. The Balaban J connectivity index is 0.00000181. The lowest BCUT2D eigenvalue weighted by molar-refractivity contribution is -0.192. The van der Waals surface area contributed by atoms with Gasteiger partial charge in [-0.1, -0.05) is 64.3 Å². The fourth-order valence-corrected chi connectivity index (χ4v) is 6.78. The summed E-state index contributed by atoms with van der Waals surface area (Å²) in [6, 6.07) is 12.8. The highest BCUT2D eigenvalue weighted by atomic mass is 19.4. The molecule has 23 heteroatoms. The van der Waals surface area contributed by atoms with Gasteiger partial charge in [-0.2, -0.15) is 22.0 Å². The Labute approximate surface area is 410 Å². The van der Waals surface area contributed by atoms with Crippen LogP contribution in [0.1, 0.15) is 109 Å². The number of ether oxygens (including phenoxy) is 2. The first-order valence-electron chi connectivity index (χ1n) is 23.0. The molecule has 1 heterocycles. The zero-order valence-corrected chi connectivity index (χ0v) is 40.0. The summed E-state index contributed by atoms with van der Waals surface area (Å²) in [5.74, 6) is -18.8. The number of aryl methyl sites for hydroxylation is 2. The molecule has 7 N–H and O–H groups in total. The predicted octanol–water partition coefficient (Wildman–Crippen LogP) is 9.27. The first-order valence-corrected chi connectivity index (χ1v) is 23.0. The standard InChI is InChI=1S/C47H57F5N6O7.C2HF3O2/c1-5-6-8-15-31-25-33-30(16-13-17-34(33)57-44(31)53)14-9-7-12-24-54-47(63)64-26-29-20-22-32(23-21-29)56-45(61)28(4)55-46(62)42(27(2)3)58-35(59)18-10-11-19-36(60)65-43-40(51)38(49)37(48)39(50)41(43)52;3-2(4,5)1(6)7/h13,16-17,20-23,25,27-28,42H,5-12,14-15,18-19,24,26H2,1-4H3,(H2,53,57)(H,54,63)(H,55,62)(H,56,61)(H,58,59);(H,6,7)/t28-,42-;/m0./s1. The van der Waals surface area contributed by atoms with Gasteiger partial charge in [0.1, 0.15) is 24.5 Å². The molecule has 0 aliphatic rings. The fourth-order valence-electron chi connectivity index (χ4n) is 6.78. The maximum Gasteiger partial charge on any atom is 0.490 e. The van der Waals surface area contributed by atoms with Crippen molar-refractivity contribution in [3.8, 4) is 5.75 Å². The quantitative estimate of drug-likeness (QED) is 0.00968. The second-order valence-electron chi connectivity index (χ2n) is 16.9. The molecule has 0 bridgehead atoms. The van der Waals surface area contributed by atoms with E-state index in [1.54, 1.807) is 38.1 Å². The van der Waals surface area contributed by atoms with Gasteiger partial charge < -0.3 is 41.6 Å². The van der Waals surface area contributed by atoms with Gasteiger partial charge in [0.15, 0.2) is 0 Å².